The Bertz CT molecular complexity index is 357. The maximum atomic E-state index is 10.7. The number of carboxylic acids is 1. The number of carbonyl (C=O) groups is 1. The molecule has 3 N–H and O–H groups in total. The van der Waals surface area contributed by atoms with Gasteiger partial charge in [-0.05, 0) is 29.3 Å². The fraction of sp³-hybridized carbons (Fsp3) is 0.545. The zero-order chi connectivity index (χ0) is 11.6. The summed E-state index contributed by atoms with van der Waals surface area (Å²) in [5.74, 6) is -0.801. The van der Waals surface area contributed by atoms with E-state index in [-0.39, 0.29) is 12.5 Å². The second kappa shape index (κ2) is 4.33. The molecule has 0 aliphatic heterocycles. The number of rotatable bonds is 4. The molecule has 0 bridgehead atoms. The van der Waals surface area contributed by atoms with Crippen molar-refractivity contribution in [1.82, 2.24) is 0 Å². The molecule has 1 aromatic rings. The Balaban J connectivity index is 2.88. The number of carboxylic acid groups (broad SMARTS) is 1. The predicted molar refractivity (Wildman–Crippen MR) is 62.0 cm³/mol. The van der Waals surface area contributed by atoms with Gasteiger partial charge in [0.2, 0.25) is 0 Å². The Morgan fingerprint density at radius 3 is 2.67 bits per heavy atom. The lowest BCUT2D eigenvalue weighted by atomic mass is 9.80. The Kier molecular flexibility index (Phi) is 3.52. The summed E-state index contributed by atoms with van der Waals surface area (Å²) in [6.07, 6.45) is 0.0888. The van der Waals surface area contributed by atoms with Crippen LogP contribution in [0.25, 0.3) is 0 Å². The number of aryl methyl sites for hydroxylation is 1. The van der Waals surface area contributed by atoms with Gasteiger partial charge in [0.05, 0.1) is 6.42 Å². The van der Waals surface area contributed by atoms with Crippen molar-refractivity contribution >= 4 is 17.3 Å². The van der Waals surface area contributed by atoms with Crippen LogP contribution in [0.2, 0.25) is 0 Å². The molecule has 0 aromatic carbocycles. The third-order valence-corrected chi connectivity index (χ3v) is 3.73. The molecule has 0 amide bonds. The standard InChI is InChI=1S/C11H17NO2S/c1-7-4-5-15-9(7)10(12)11(2,3)6-8(13)14/h4-5,10H,6,12H2,1-3H3,(H,13,14). The molecule has 0 saturated carbocycles. The topological polar surface area (TPSA) is 63.3 Å². The van der Waals surface area contributed by atoms with Crippen molar-refractivity contribution in [1.29, 1.82) is 0 Å². The first-order chi connectivity index (χ1) is 6.84. The number of nitrogens with two attached hydrogens (primary N) is 1. The van der Waals surface area contributed by atoms with Gasteiger partial charge >= 0.3 is 5.97 Å². The van der Waals surface area contributed by atoms with E-state index in [1.807, 2.05) is 32.2 Å². The van der Waals surface area contributed by atoms with E-state index >= 15 is 0 Å². The van der Waals surface area contributed by atoms with Gasteiger partial charge in [0.1, 0.15) is 0 Å². The summed E-state index contributed by atoms with van der Waals surface area (Å²) in [7, 11) is 0. The van der Waals surface area contributed by atoms with Crippen LogP contribution in [-0.2, 0) is 4.79 Å². The zero-order valence-corrected chi connectivity index (χ0v) is 10.1. The Hall–Kier alpha value is -0.870. The van der Waals surface area contributed by atoms with Gasteiger partial charge in [0.15, 0.2) is 0 Å². The number of hydrogen-bond acceptors (Lipinski definition) is 3. The van der Waals surface area contributed by atoms with Gasteiger partial charge in [-0.3, -0.25) is 4.79 Å². The Morgan fingerprint density at radius 1 is 1.67 bits per heavy atom. The van der Waals surface area contributed by atoms with Crippen LogP contribution in [0.15, 0.2) is 11.4 Å². The summed E-state index contributed by atoms with van der Waals surface area (Å²) in [6, 6.07) is 1.80. The Morgan fingerprint density at radius 2 is 2.27 bits per heavy atom. The number of thiophene rings is 1. The third kappa shape index (κ3) is 2.79. The highest BCUT2D eigenvalue weighted by atomic mass is 32.1. The van der Waals surface area contributed by atoms with Gasteiger partial charge in [0.25, 0.3) is 0 Å². The van der Waals surface area contributed by atoms with Gasteiger partial charge in [-0.25, -0.2) is 0 Å². The molecular formula is C11H17NO2S. The molecule has 0 saturated heterocycles. The Labute approximate surface area is 93.9 Å². The average molecular weight is 227 g/mol. The van der Waals surface area contributed by atoms with Crippen molar-refractivity contribution in [2.45, 2.75) is 33.2 Å². The van der Waals surface area contributed by atoms with Crippen molar-refractivity contribution in [3.05, 3.63) is 21.9 Å². The number of hydrogen-bond donors (Lipinski definition) is 2. The highest BCUT2D eigenvalue weighted by Gasteiger charge is 2.31. The minimum absolute atomic E-state index is 0.0888. The maximum Gasteiger partial charge on any atom is 0.303 e. The molecule has 0 aliphatic rings. The molecule has 1 atom stereocenters. The molecular weight excluding hydrogens is 210 g/mol. The van der Waals surface area contributed by atoms with Gasteiger partial charge in [0, 0.05) is 10.9 Å². The molecule has 0 fully saturated rings. The monoisotopic (exact) mass is 227 g/mol. The summed E-state index contributed by atoms with van der Waals surface area (Å²) in [4.78, 5) is 11.8. The quantitative estimate of drug-likeness (QED) is 0.831. The van der Waals surface area contributed by atoms with Crippen LogP contribution >= 0.6 is 11.3 Å². The SMILES string of the molecule is Cc1ccsc1C(N)C(C)(C)CC(=O)O. The van der Waals surface area contributed by atoms with Crippen LogP contribution in [0.5, 0.6) is 0 Å². The van der Waals surface area contributed by atoms with E-state index < -0.39 is 11.4 Å². The first-order valence-electron chi connectivity index (χ1n) is 4.86. The summed E-state index contributed by atoms with van der Waals surface area (Å²) < 4.78 is 0. The zero-order valence-electron chi connectivity index (χ0n) is 9.28. The van der Waals surface area contributed by atoms with E-state index in [0.29, 0.717) is 0 Å². The number of aliphatic carboxylic acids is 1. The van der Waals surface area contributed by atoms with E-state index in [9.17, 15) is 4.79 Å². The summed E-state index contributed by atoms with van der Waals surface area (Å²) in [5.41, 5.74) is 6.84. The van der Waals surface area contributed by atoms with Crippen molar-refractivity contribution in [3.63, 3.8) is 0 Å². The summed E-state index contributed by atoms with van der Waals surface area (Å²) >= 11 is 1.59. The molecule has 1 aromatic heterocycles. The van der Waals surface area contributed by atoms with Crippen LogP contribution in [0.3, 0.4) is 0 Å². The first kappa shape index (κ1) is 12.2. The lowest BCUT2D eigenvalue weighted by Gasteiger charge is -2.29. The second-order valence-corrected chi connectivity index (χ2v) is 5.45. The molecule has 0 radical (unpaired) electrons. The summed E-state index contributed by atoms with van der Waals surface area (Å²) in [5, 5.41) is 10.8. The third-order valence-electron chi connectivity index (χ3n) is 2.63. The fourth-order valence-corrected chi connectivity index (χ4v) is 2.70. The second-order valence-electron chi connectivity index (χ2n) is 4.50. The van der Waals surface area contributed by atoms with Gasteiger partial charge in [-0.2, -0.15) is 0 Å². The molecule has 0 spiro atoms. The van der Waals surface area contributed by atoms with Crippen molar-refractivity contribution < 1.29 is 9.90 Å². The fourth-order valence-electron chi connectivity index (χ4n) is 1.56. The largest absolute Gasteiger partial charge is 0.481 e. The van der Waals surface area contributed by atoms with Gasteiger partial charge < -0.3 is 10.8 Å². The van der Waals surface area contributed by atoms with Crippen LogP contribution in [0, 0.1) is 12.3 Å². The van der Waals surface area contributed by atoms with E-state index in [2.05, 4.69) is 0 Å². The molecule has 1 unspecified atom stereocenters. The first-order valence-corrected chi connectivity index (χ1v) is 5.74. The lowest BCUT2D eigenvalue weighted by molar-refractivity contribution is -0.139. The van der Waals surface area contributed by atoms with Crippen LogP contribution in [0.1, 0.15) is 36.8 Å². The molecule has 0 aliphatic carbocycles. The molecule has 4 heteroatoms. The molecule has 3 nitrogen and oxygen atoms in total. The van der Waals surface area contributed by atoms with Crippen molar-refractivity contribution in [2.75, 3.05) is 0 Å². The van der Waals surface area contributed by atoms with Gasteiger partial charge in [-0.15, -0.1) is 11.3 Å². The summed E-state index contributed by atoms with van der Waals surface area (Å²) in [6.45, 7) is 5.79. The van der Waals surface area contributed by atoms with Gasteiger partial charge in [-0.1, -0.05) is 13.8 Å². The maximum absolute atomic E-state index is 10.7. The van der Waals surface area contributed by atoms with E-state index in [1.165, 1.54) is 0 Å². The highest BCUT2D eigenvalue weighted by Crippen LogP contribution is 2.38. The van der Waals surface area contributed by atoms with E-state index in [4.69, 9.17) is 10.8 Å². The van der Waals surface area contributed by atoms with Crippen LogP contribution in [-0.4, -0.2) is 11.1 Å². The molecule has 1 heterocycles. The molecule has 15 heavy (non-hydrogen) atoms. The lowest BCUT2D eigenvalue weighted by Crippen LogP contribution is -2.31. The molecule has 1 rings (SSSR count). The highest BCUT2D eigenvalue weighted by molar-refractivity contribution is 7.10. The minimum Gasteiger partial charge on any atom is -0.481 e. The normalized spacial score (nSPS) is 13.9. The average Bonchev–Trinajstić information content (AvgIpc) is 2.47. The smallest absolute Gasteiger partial charge is 0.303 e. The minimum atomic E-state index is -0.801. The van der Waals surface area contributed by atoms with Crippen LogP contribution in [0.4, 0.5) is 0 Å². The molecule has 84 valence electrons. The van der Waals surface area contributed by atoms with E-state index in [0.717, 1.165) is 10.4 Å². The van der Waals surface area contributed by atoms with Crippen molar-refractivity contribution in [3.8, 4) is 0 Å². The van der Waals surface area contributed by atoms with E-state index in [1.54, 1.807) is 11.3 Å². The van der Waals surface area contributed by atoms with Crippen molar-refractivity contribution in [2.24, 2.45) is 11.1 Å². The predicted octanol–water partition coefficient (Wildman–Crippen LogP) is 2.56. The van der Waals surface area contributed by atoms with Crippen LogP contribution < -0.4 is 5.73 Å².